The van der Waals surface area contributed by atoms with Crippen molar-refractivity contribution in [1.29, 1.82) is 0 Å². The smallest absolute Gasteiger partial charge is 0.407 e. The molecule has 1 fully saturated rings. The number of nitrogens with one attached hydrogen (secondary N) is 1. The van der Waals surface area contributed by atoms with Crippen LogP contribution in [0.4, 0.5) is 26.6 Å². The minimum atomic E-state index is -0.950. The van der Waals surface area contributed by atoms with Gasteiger partial charge in [0.15, 0.2) is 11.5 Å². The van der Waals surface area contributed by atoms with Crippen LogP contribution in [0.2, 0.25) is 5.02 Å². The topological polar surface area (TPSA) is 100 Å². The van der Waals surface area contributed by atoms with Crippen molar-refractivity contribution in [1.82, 2.24) is 14.9 Å². The van der Waals surface area contributed by atoms with Gasteiger partial charge in [-0.2, -0.15) is 4.98 Å². The Balaban J connectivity index is 1.80. The number of carboxylic acid groups (broad SMARTS) is 1. The Morgan fingerprint density at radius 2 is 1.85 bits per heavy atom. The lowest BCUT2D eigenvalue weighted by Crippen LogP contribution is -2.34. The monoisotopic (exact) mass is 475 g/mol. The van der Waals surface area contributed by atoms with Crippen LogP contribution in [0.3, 0.4) is 0 Å². The number of nitrogens with zero attached hydrogens (tertiary/aromatic N) is 4. The molecule has 33 heavy (non-hydrogen) atoms. The molecule has 2 N–H and O–H groups in total. The van der Waals surface area contributed by atoms with E-state index in [4.69, 9.17) is 26.1 Å². The van der Waals surface area contributed by atoms with Crippen LogP contribution in [0, 0.1) is 5.82 Å². The van der Waals surface area contributed by atoms with Gasteiger partial charge < -0.3 is 29.7 Å². The van der Waals surface area contributed by atoms with Gasteiger partial charge >= 0.3 is 6.09 Å². The van der Waals surface area contributed by atoms with E-state index in [1.807, 2.05) is 4.90 Å². The first-order valence-corrected chi connectivity index (χ1v) is 10.7. The highest BCUT2D eigenvalue weighted by Gasteiger charge is 2.22. The van der Waals surface area contributed by atoms with Crippen LogP contribution in [0.15, 0.2) is 30.3 Å². The van der Waals surface area contributed by atoms with Crippen LogP contribution in [-0.2, 0) is 0 Å². The average molecular weight is 476 g/mol. The lowest BCUT2D eigenvalue weighted by Gasteiger charge is -2.22. The van der Waals surface area contributed by atoms with Crippen LogP contribution in [0.5, 0.6) is 11.5 Å². The van der Waals surface area contributed by atoms with Gasteiger partial charge in [0.2, 0.25) is 5.95 Å². The van der Waals surface area contributed by atoms with E-state index in [0.29, 0.717) is 66.8 Å². The quantitative estimate of drug-likeness (QED) is 0.561. The Kier molecular flexibility index (Phi) is 6.55. The summed E-state index contributed by atoms with van der Waals surface area (Å²) in [6, 6.07) is 7.78. The molecular weight excluding hydrogens is 453 g/mol. The van der Waals surface area contributed by atoms with Gasteiger partial charge in [0.05, 0.1) is 25.4 Å². The molecule has 1 aliphatic rings. The van der Waals surface area contributed by atoms with Crippen molar-refractivity contribution in [2.75, 3.05) is 50.6 Å². The van der Waals surface area contributed by atoms with E-state index in [9.17, 15) is 14.3 Å². The number of fused-ring (bicyclic) bond motifs is 1. The number of benzene rings is 2. The molecule has 0 saturated carbocycles. The van der Waals surface area contributed by atoms with Crippen molar-refractivity contribution >= 4 is 46.1 Å². The molecule has 2 heterocycles. The Hall–Kier alpha value is -3.53. The van der Waals surface area contributed by atoms with Gasteiger partial charge in [-0.3, -0.25) is 0 Å². The second kappa shape index (κ2) is 9.53. The highest BCUT2D eigenvalue weighted by Crippen LogP contribution is 2.36. The zero-order chi connectivity index (χ0) is 23.5. The summed E-state index contributed by atoms with van der Waals surface area (Å²) in [7, 11) is 3.06. The fraction of sp³-hybridized carbons (Fsp3) is 0.318. The number of rotatable bonds is 5. The van der Waals surface area contributed by atoms with E-state index in [0.717, 1.165) is 0 Å². The predicted octanol–water partition coefficient (Wildman–Crippen LogP) is 4.37. The number of hydrogen-bond acceptors (Lipinski definition) is 7. The zero-order valence-electron chi connectivity index (χ0n) is 18.1. The fourth-order valence-corrected chi connectivity index (χ4v) is 3.87. The van der Waals surface area contributed by atoms with Crippen LogP contribution < -0.4 is 19.7 Å². The number of halogens is 2. The van der Waals surface area contributed by atoms with Crippen molar-refractivity contribution in [3.8, 4) is 11.5 Å². The van der Waals surface area contributed by atoms with Gasteiger partial charge in [-0.05, 0) is 30.7 Å². The molecule has 2 aromatic carbocycles. The lowest BCUT2D eigenvalue weighted by atomic mass is 10.2. The minimum absolute atomic E-state index is 0.202. The van der Waals surface area contributed by atoms with E-state index < -0.39 is 11.9 Å². The van der Waals surface area contributed by atoms with Crippen molar-refractivity contribution in [2.24, 2.45) is 0 Å². The third-order valence-corrected chi connectivity index (χ3v) is 5.66. The maximum atomic E-state index is 14.5. The van der Waals surface area contributed by atoms with Crippen LogP contribution in [-0.4, -0.2) is 66.5 Å². The Bertz CT molecular complexity index is 1200. The van der Waals surface area contributed by atoms with Gasteiger partial charge in [0.1, 0.15) is 11.6 Å². The Labute approximate surface area is 194 Å². The molecule has 0 radical (unpaired) electrons. The summed E-state index contributed by atoms with van der Waals surface area (Å²) in [5.74, 6) is 1.22. The van der Waals surface area contributed by atoms with E-state index in [2.05, 4.69) is 10.3 Å². The highest BCUT2D eigenvalue weighted by atomic mass is 35.5. The van der Waals surface area contributed by atoms with Crippen molar-refractivity contribution in [3.05, 3.63) is 41.2 Å². The molecule has 0 unspecified atom stereocenters. The standard InChI is InChI=1S/C22H23ClFN5O4/c1-32-18-11-14-17(12-19(18)33-2)26-21(28-6-3-7-29(9-8-28)22(30)31)27-20(14)25-16-5-4-13(23)10-15(16)24/h4-5,10-12H,3,6-9H2,1-2H3,(H,30,31)(H,25,26,27). The summed E-state index contributed by atoms with van der Waals surface area (Å²) in [4.78, 5) is 24.0. The SMILES string of the molecule is COc1cc2nc(N3CCCN(C(=O)O)CC3)nc(Nc3ccc(Cl)cc3F)c2cc1OC. The first-order valence-electron chi connectivity index (χ1n) is 10.3. The molecule has 1 saturated heterocycles. The zero-order valence-corrected chi connectivity index (χ0v) is 18.9. The number of carbonyl (C=O) groups is 1. The molecule has 0 spiro atoms. The number of anilines is 3. The fourth-order valence-electron chi connectivity index (χ4n) is 3.71. The van der Waals surface area contributed by atoms with E-state index in [-0.39, 0.29) is 10.7 Å². The lowest BCUT2D eigenvalue weighted by molar-refractivity contribution is 0.148. The molecule has 1 aromatic heterocycles. The summed E-state index contributed by atoms with van der Waals surface area (Å²) in [6.45, 7) is 1.78. The minimum Gasteiger partial charge on any atom is -0.493 e. The second-order valence-corrected chi connectivity index (χ2v) is 7.89. The Morgan fingerprint density at radius 1 is 1.09 bits per heavy atom. The molecule has 0 aliphatic carbocycles. The number of amides is 1. The summed E-state index contributed by atoms with van der Waals surface area (Å²) in [6.07, 6.45) is -0.317. The van der Waals surface area contributed by atoms with Crippen molar-refractivity contribution in [2.45, 2.75) is 6.42 Å². The van der Waals surface area contributed by atoms with Gasteiger partial charge in [-0.15, -0.1) is 0 Å². The number of ether oxygens (including phenoxy) is 2. The number of methoxy groups -OCH3 is 2. The largest absolute Gasteiger partial charge is 0.493 e. The number of hydrogen-bond donors (Lipinski definition) is 2. The molecule has 3 aromatic rings. The molecule has 0 atom stereocenters. The normalized spacial score (nSPS) is 14.2. The first kappa shape index (κ1) is 22.7. The van der Waals surface area contributed by atoms with Crippen LogP contribution in [0.1, 0.15) is 6.42 Å². The number of aromatic nitrogens is 2. The third kappa shape index (κ3) is 4.80. The predicted molar refractivity (Wildman–Crippen MR) is 124 cm³/mol. The summed E-state index contributed by atoms with van der Waals surface area (Å²) in [5.41, 5.74) is 0.766. The van der Waals surface area contributed by atoms with Crippen molar-refractivity contribution < 1.29 is 23.8 Å². The van der Waals surface area contributed by atoms with E-state index in [1.54, 1.807) is 18.2 Å². The van der Waals surface area contributed by atoms with Gasteiger partial charge in [-0.25, -0.2) is 14.2 Å². The Morgan fingerprint density at radius 3 is 2.55 bits per heavy atom. The van der Waals surface area contributed by atoms with Crippen molar-refractivity contribution in [3.63, 3.8) is 0 Å². The van der Waals surface area contributed by atoms with Crippen LogP contribution >= 0.6 is 11.6 Å². The second-order valence-electron chi connectivity index (χ2n) is 7.46. The van der Waals surface area contributed by atoms with E-state index in [1.165, 1.54) is 31.3 Å². The molecule has 1 aliphatic heterocycles. The molecule has 1 amide bonds. The maximum absolute atomic E-state index is 14.5. The molecule has 9 nitrogen and oxygen atoms in total. The molecule has 4 rings (SSSR count). The maximum Gasteiger partial charge on any atom is 0.407 e. The molecule has 174 valence electrons. The third-order valence-electron chi connectivity index (χ3n) is 5.42. The first-order chi connectivity index (χ1) is 15.9. The summed E-state index contributed by atoms with van der Waals surface area (Å²) in [5, 5.41) is 13.2. The van der Waals surface area contributed by atoms with Crippen LogP contribution in [0.25, 0.3) is 10.9 Å². The van der Waals surface area contributed by atoms with Gasteiger partial charge in [0, 0.05) is 42.7 Å². The average Bonchev–Trinajstić information content (AvgIpc) is 3.06. The van der Waals surface area contributed by atoms with Gasteiger partial charge in [-0.1, -0.05) is 11.6 Å². The highest BCUT2D eigenvalue weighted by molar-refractivity contribution is 6.30. The van der Waals surface area contributed by atoms with Gasteiger partial charge in [0.25, 0.3) is 0 Å². The molecule has 11 heteroatoms. The van der Waals surface area contributed by atoms with E-state index >= 15 is 0 Å². The summed E-state index contributed by atoms with van der Waals surface area (Å²) < 4.78 is 25.4. The summed E-state index contributed by atoms with van der Waals surface area (Å²) >= 11 is 5.89. The molecule has 0 bridgehead atoms. The molecular formula is C22H23ClFN5O4.